The molecule has 0 spiro atoms. The third-order valence-corrected chi connectivity index (χ3v) is 7.86. The van der Waals surface area contributed by atoms with Crippen molar-refractivity contribution in [2.75, 3.05) is 32.7 Å². The molecule has 1 unspecified atom stereocenters. The van der Waals surface area contributed by atoms with Crippen LogP contribution in [0.15, 0.2) is 29.2 Å². The number of carbonyl (C=O) groups excluding carboxylic acids is 1. The van der Waals surface area contributed by atoms with Gasteiger partial charge in [0.1, 0.15) is 0 Å². The number of likely N-dealkylation sites (tertiary alicyclic amines) is 1. The fraction of sp³-hybridized carbons (Fsp3) is 0.632. The van der Waals surface area contributed by atoms with Gasteiger partial charge in [-0.1, -0.05) is 18.5 Å². The first kappa shape index (κ1) is 20.6. The molecular weight excluding hydrogens is 386 g/mol. The van der Waals surface area contributed by atoms with Gasteiger partial charge in [0, 0.05) is 36.6 Å². The summed E-state index contributed by atoms with van der Waals surface area (Å²) in [6.45, 7) is 5.70. The van der Waals surface area contributed by atoms with Gasteiger partial charge in [-0.25, -0.2) is 8.42 Å². The van der Waals surface area contributed by atoms with E-state index in [0.29, 0.717) is 43.5 Å². The molecule has 3 rings (SSSR count). The Hall–Kier alpha value is -1.15. The van der Waals surface area contributed by atoms with Crippen LogP contribution in [0.4, 0.5) is 0 Å². The lowest BCUT2D eigenvalue weighted by Gasteiger charge is -2.31. The second kappa shape index (κ2) is 8.90. The predicted molar refractivity (Wildman–Crippen MR) is 106 cm³/mol. The average molecular weight is 414 g/mol. The molecule has 2 fully saturated rings. The SMILES string of the molecule is CCN1CCCC1CNC(=O)C1CCN(S(=O)(=O)c2ccc(Cl)cc2)CC1. The van der Waals surface area contributed by atoms with Crippen molar-refractivity contribution >= 4 is 27.5 Å². The number of rotatable bonds is 6. The van der Waals surface area contributed by atoms with E-state index < -0.39 is 10.0 Å². The number of hydrogen-bond donors (Lipinski definition) is 1. The van der Waals surface area contributed by atoms with Crippen LogP contribution >= 0.6 is 11.6 Å². The first-order chi connectivity index (χ1) is 12.9. The van der Waals surface area contributed by atoms with E-state index in [1.54, 1.807) is 12.1 Å². The number of halogens is 1. The number of sulfonamides is 1. The van der Waals surface area contributed by atoms with Crippen LogP contribution in [0, 0.1) is 5.92 Å². The normalized spacial score (nSPS) is 22.8. The molecule has 2 aliphatic rings. The molecule has 150 valence electrons. The quantitative estimate of drug-likeness (QED) is 0.777. The summed E-state index contributed by atoms with van der Waals surface area (Å²) in [5.74, 6) is -0.0559. The first-order valence-electron chi connectivity index (χ1n) is 9.69. The van der Waals surface area contributed by atoms with Crippen LogP contribution in [0.5, 0.6) is 0 Å². The van der Waals surface area contributed by atoms with E-state index in [1.807, 2.05) is 0 Å². The summed E-state index contributed by atoms with van der Waals surface area (Å²) >= 11 is 5.84. The van der Waals surface area contributed by atoms with Crippen LogP contribution in [-0.4, -0.2) is 62.3 Å². The molecule has 2 heterocycles. The van der Waals surface area contributed by atoms with Crippen LogP contribution in [-0.2, 0) is 14.8 Å². The zero-order valence-electron chi connectivity index (χ0n) is 15.7. The largest absolute Gasteiger partial charge is 0.354 e. The van der Waals surface area contributed by atoms with Gasteiger partial charge in [0.2, 0.25) is 15.9 Å². The molecule has 1 atom stereocenters. The van der Waals surface area contributed by atoms with E-state index >= 15 is 0 Å². The van der Waals surface area contributed by atoms with Gasteiger partial charge in [0.05, 0.1) is 4.90 Å². The van der Waals surface area contributed by atoms with Gasteiger partial charge in [0.25, 0.3) is 0 Å². The summed E-state index contributed by atoms with van der Waals surface area (Å²) in [4.78, 5) is 15.2. The van der Waals surface area contributed by atoms with Crippen LogP contribution < -0.4 is 5.32 Å². The number of hydrogen-bond acceptors (Lipinski definition) is 4. The fourth-order valence-corrected chi connectivity index (χ4v) is 5.62. The molecule has 1 aromatic rings. The number of benzene rings is 1. The van der Waals surface area contributed by atoms with Crippen LogP contribution in [0.3, 0.4) is 0 Å². The summed E-state index contributed by atoms with van der Waals surface area (Å²) in [6.07, 6.45) is 3.43. The highest BCUT2D eigenvalue weighted by molar-refractivity contribution is 7.89. The lowest BCUT2D eigenvalue weighted by atomic mass is 9.97. The van der Waals surface area contributed by atoms with Gasteiger partial charge in [-0.3, -0.25) is 9.69 Å². The van der Waals surface area contributed by atoms with E-state index in [1.165, 1.54) is 22.9 Å². The smallest absolute Gasteiger partial charge is 0.243 e. The van der Waals surface area contributed by atoms with Crippen molar-refractivity contribution in [1.29, 1.82) is 0 Å². The highest BCUT2D eigenvalue weighted by atomic mass is 35.5. The van der Waals surface area contributed by atoms with Crippen LogP contribution in [0.25, 0.3) is 0 Å². The molecule has 0 aromatic heterocycles. The molecule has 6 nitrogen and oxygen atoms in total. The number of piperidine rings is 1. The van der Waals surface area contributed by atoms with Gasteiger partial charge in [-0.05, 0) is 63.0 Å². The molecule has 8 heteroatoms. The van der Waals surface area contributed by atoms with Gasteiger partial charge in [0.15, 0.2) is 0 Å². The maximum Gasteiger partial charge on any atom is 0.243 e. The summed E-state index contributed by atoms with van der Waals surface area (Å²) in [5, 5.41) is 3.59. The Balaban J connectivity index is 1.50. The van der Waals surface area contributed by atoms with Crippen LogP contribution in [0.2, 0.25) is 5.02 Å². The van der Waals surface area contributed by atoms with E-state index in [4.69, 9.17) is 11.6 Å². The zero-order valence-corrected chi connectivity index (χ0v) is 17.3. The van der Waals surface area contributed by atoms with Gasteiger partial charge in [-0.15, -0.1) is 0 Å². The third kappa shape index (κ3) is 4.83. The lowest BCUT2D eigenvalue weighted by Crippen LogP contribution is -2.45. The van der Waals surface area contributed by atoms with Crippen molar-refractivity contribution < 1.29 is 13.2 Å². The van der Waals surface area contributed by atoms with E-state index in [2.05, 4.69) is 17.1 Å². The van der Waals surface area contributed by atoms with Gasteiger partial charge in [-0.2, -0.15) is 4.31 Å². The molecule has 0 saturated carbocycles. The molecule has 1 aromatic carbocycles. The van der Waals surface area contributed by atoms with Crippen molar-refractivity contribution in [3.8, 4) is 0 Å². The number of amides is 1. The maximum atomic E-state index is 12.7. The van der Waals surface area contributed by atoms with Crippen molar-refractivity contribution in [2.45, 2.75) is 43.5 Å². The Morgan fingerprint density at radius 3 is 2.44 bits per heavy atom. The molecule has 0 radical (unpaired) electrons. The molecule has 0 aliphatic carbocycles. The standard InChI is InChI=1S/C19H28ClN3O3S/c1-2-22-11-3-4-17(22)14-21-19(24)15-9-12-23(13-10-15)27(25,26)18-7-5-16(20)6-8-18/h5-8,15,17H,2-4,9-14H2,1H3,(H,21,24). The second-order valence-electron chi connectivity index (χ2n) is 7.30. The Labute approximate surface area is 166 Å². The second-order valence-corrected chi connectivity index (χ2v) is 9.68. The Morgan fingerprint density at radius 1 is 1.15 bits per heavy atom. The van der Waals surface area contributed by atoms with Gasteiger partial charge >= 0.3 is 0 Å². The number of carbonyl (C=O) groups is 1. The lowest BCUT2D eigenvalue weighted by molar-refractivity contribution is -0.126. The van der Waals surface area contributed by atoms with Crippen molar-refractivity contribution in [2.24, 2.45) is 5.92 Å². The highest BCUT2D eigenvalue weighted by Crippen LogP contribution is 2.25. The zero-order chi connectivity index (χ0) is 19.4. The summed E-state index contributed by atoms with van der Waals surface area (Å²) in [7, 11) is -3.53. The highest BCUT2D eigenvalue weighted by Gasteiger charge is 2.32. The van der Waals surface area contributed by atoms with E-state index in [-0.39, 0.29) is 16.7 Å². The molecule has 1 N–H and O–H groups in total. The molecule has 0 bridgehead atoms. The number of nitrogens with one attached hydrogen (secondary N) is 1. The van der Waals surface area contributed by atoms with E-state index in [9.17, 15) is 13.2 Å². The Bertz CT molecular complexity index is 746. The summed E-state index contributed by atoms with van der Waals surface area (Å²) < 4.78 is 26.9. The van der Waals surface area contributed by atoms with E-state index in [0.717, 1.165) is 19.5 Å². The monoisotopic (exact) mass is 413 g/mol. The summed E-state index contributed by atoms with van der Waals surface area (Å²) in [5.41, 5.74) is 0. The first-order valence-corrected chi connectivity index (χ1v) is 11.5. The molecule has 27 heavy (non-hydrogen) atoms. The van der Waals surface area contributed by atoms with Gasteiger partial charge < -0.3 is 5.32 Å². The fourth-order valence-electron chi connectivity index (χ4n) is 4.02. The minimum atomic E-state index is -3.53. The number of nitrogens with zero attached hydrogens (tertiary/aromatic N) is 2. The predicted octanol–water partition coefficient (Wildman–Crippen LogP) is 2.34. The van der Waals surface area contributed by atoms with Crippen molar-refractivity contribution in [3.63, 3.8) is 0 Å². The van der Waals surface area contributed by atoms with Crippen molar-refractivity contribution in [1.82, 2.24) is 14.5 Å². The maximum absolute atomic E-state index is 12.7. The molecule has 2 saturated heterocycles. The topological polar surface area (TPSA) is 69.7 Å². The number of likely N-dealkylation sites (N-methyl/N-ethyl adjacent to an activating group) is 1. The molecular formula is C19H28ClN3O3S. The molecule has 1 amide bonds. The average Bonchev–Trinajstić information content (AvgIpc) is 3.14. The minimum Gasteiger partial charge on any atom is -0.354 e. The Morgan fingerprint density at radius 2 is 1.81 bits per heavy atom. The third-order valence-electron chi connectivity index (χ3n) is 5.69. The summed E-state index contributed by atoms with van der Waals surface area (Å²) in [6, 6.07) is 6.65. The molecule has 2 aliphatic heterocycles. The van der Waals surface area contributed by atoms with Crippen LogP contribution in [0.1, 0.15) is 32.6 Å². The Kier molecular flexibility index (Phi) is 6.78. The minimum absolute atomic E-state index is 0.0569. The van der Waals surface area contributed by atoms with Crippen molar-refractivity contribution in [3.05, 3.63) is 29.3 Å².